The number of rotatable bonds is 3. The van der Waals surface area contributed by atoms with Crippen molar-refractivity contribution in [3.05, 3.63) is 51.5 Å². The van der Waals surface area contributed by atoms with Crippen LogP contribution in [-0.2, 0) is 11.2 Å². The van der Waals surface area contributed by atoms with Gasteiger partial charge in [0, 0.05) is 6.07 Å². The zero-order chi connectivity index (χ0) is 17.4. The second-order valence-corrected chi connectivity index (χ2v) is 5.99. The van der Waals surface area contributed by atoms with Crippen LogP contribution in [0.15, 0.2) is 30.3 Å². The van der Waals surface area contributed by atoms with Crippen molar-refractivity contribution in [2.24, 2.45) is 0 Å². The van der Waals surface area contributed by atoms with Crippen molar-refractivity contribution in [1.29, 1.82) is 0 Å². The van der Waals surface area contributed by atoms with Crippen molar-refractivity contribution in [1.82, 2.24) is 0 Å². The SMILES string of the molecule is COc1cc2c(c(OC)c1)C(=O)N(c1ccc(Cl)c(Cl)c1)C(=O)C2. The van der Waals surface area contributed by atoms with Crippen LogP contribution in [0.1, 0.15) is 15.9 Å². The van der Waals surface area contributed by atoms with Gasteiger partial charge in [-0.3, -0.25) is 9.59 Å². The summed E-state index contributed by atoms with van der Waals surface area (Å²) in [5, 5.41) is 0.613. The molecule has 2 amide bonds. The van der Waals surface area contributed by atoms with Gasteiger partial charge in [0.1, 0.15) is 11.5 Å². The van der Waals surface area contributed by atoms with Gasteiger partial charge in [-0.15, -0.1) is 0 Å². The largest absolute Gasteiger partial charge is 0.497 e. The van der Waals surface area contributed by atoms with Gasteiger partial charge < -0.3 is 9.47 Å². The van der Waals surface area contributed by atoms with E-state index >= 15 is 0 Å². The number of hydrogen-bond acceptors (Lipinski definition) is 4. The molecule has 0 saturated heterocycles. The van der Waals surface area contributed by atoms with Gasteiger partial charge in [-0.2, -0.15) is 0 Å². The molecule has 0 bridgehead atoms. The zero-order valence-corrected chi connectivity index (χ0v) is 14.4. The maximum absolute atomic E-state index is 12.9. The molecule has 2 aromatic carbocycles. The number of benzene rings is 2. The van der Waals surface area contributed by atoms with Crippen molar-refractivity contribution < 1.29 is 19.1 Å². The summed E-state index contributed by atoms with van der Waals surface area (Å²) in [5.74, 6) is 0.0430. The molecule has 2 aromatic rings. The van der Waals surface area contributed by atoms with Crippen molar-refractivity contribution in [3.8, 4) is 11.5 Å². The fraction of sp³-hybridized carbons (Fsp3) is 0.176. The second kappa shape index (κ2) is 6.34. The predicted molar refractivity (Wildman–Crippen MR) is 91.5 cm³/mol. The molecular formula is C17H13Cl2NO4. The van der Waals surface area contributed by atoms with Crippen LogP contribution in [0.4, 0.5) is 5.69 Å². The third-order valence-electron chi connectivity index (χ3n) is 3.78. The molecule has 0 spiro atoms. The average Bonchev–Trinajstić information content (AvgIpc) is 2.56. The van der Waals surface area contributed by atoms with Gasteiger partial charge in [0.15, 0.2) is 0 Å². The van der Waals surface area contributed by atoms with Crippen molar-refractivity contribution >= 4 is 40.7 Å². The van der Waals surface area contributed by atoms with Crippen molar-refractivity contribution in [2.45, 2.75) is 6.42 Å². The highest BCUT2D eigenvalue weighted by molar-refractivity contribution is 6.42. The van der Waals surface area contributed by atoms with Gasteiger partial charge in [-0.25, -0.2) is 4.90 Å². The standard InChI is InChI=1S/C17H13Cl2NO4/c1-23-11-5-9-6-15(21)20(10-3-4-12(18)13(19)7-10)17(22)16(9)14(8-11)24-2/h3-5,7-8H,6H2,1-2H3. The lowest BCUT2D eigenvalue weighted by Gasteiger charge is -2.28. The molecule has 124 valence electrons. The van der Waals surface area contributed by atoms with Crippen LogP contribution in [0, 0.1) is 0 Å². The number of amides is 2. The van der Waals surface area contributed by atoms with Gasteiger partial charge in [-0.1, -0.05) is 23.2 Å². The Balaban J connectivity index is 2.13. The summed E-state index contributed by atoms with van der Waals surface area (Å²) >= 11 is 11.9. The normalized spacial score (nSPS) is 13.8. The van der Waals surface area contributed by atoms with Crippen LogP contribution in [-0.4, -0.2) is 26.0 Å². The second-order valence-electron chi connectivity index (χ2n) is 5.17. The number of carbonyl (C=O) groups is 2. The van der Waals surface area contributed by atoms with E-state index in [-0.39, 0.29) is 17.4 Å². The molecule has 1 aliphatic rings. The van der Waals surface area contributed by atoms with Crippen LogP contribution in [0.5, 0.6) is 11.5 Å². The predicted octanol–water partition coefficient (Wildman–Crippen LogP) is 3.74. The Kier molecular flexibility index (Phi) is 4.39. The van der Waals surface area contributed by atoms with Gasteiger partial charge >= 0.3 is 0 Å². The van der Waals surface area contributed by atoms with Crippen LogP contribution in [0.3, 0.4) is 0 Å². The van der Waals surface area contributed by atoms with Gasteiger partial charge in [0.25, 0.3) is 5.91 Å². The highest BCUT2D eigenvalue weighted by Crippen LogP contribution is 2.36. The summed E-state index contributed by atoms with van der Waals surface area (Å²) in [5.41, 5.74) is 1.27. The smallest absolute Gasteiger partial charge is 0.269 e. The highest BCUT2D eigenvalue weighted by Gasteiger charge is 2.35. The lowest BCUT2D eigenvalue weighted by atomic mass is 9.96. The number of methoxy groups -OCH3 is 2. The summed E-state index contributed by atoms with van der Waals surface area (Å²) in [4.78, 5) is 26.5. The Hall–Kier alpha value is -2.24. The first-order valence-electron chi connectivity index (χ1n) is 7.03. The first-order valence-corrected chi connectivity index (χ1v) is 7.79. The summed E-state index contributed by atoms with van der Waals surface area (Å²) in [6.07, 6.45) is 0.0505. The number of hydrogen-bond donors (Lipinski definition) is 0. The number of carbonyl (C=O) groups excluding carboxylic acids is 2. The number of nitrogens with zero attached hydrogens (tertiary/aromatic N) is 1. The third-order valence-corrected chi connectivity index (χ3v) is 4.52. The van der Waals surface area contributed by atoms with Gasteiger partial charge in [0.05, 0.1) is 41.9 Å². The molecule has 3 rings (SSSR count). The van der Waals surface area contributed by atoms with E-state index in [9.17, 15) is 9.59 Å². The number of halogens is 2. The summed E-state index contributed by atoms with van der Waals surface area (Å²) < 4.78 is 10.5. The van der Waals surface area contributed by atoms with E-state index in [0.29, 0.717) is 33.3 Å². The van der Waals surface area contributed by atoms with Gasteiger partial charge in [0.2, 0.25) is 5.91 Å². The fourth-order valence-corrected chi connectivity index (χ4v) is 2.95. The Bertz CT molecular complexity index is 851. The molecule has 0 unspecified atom stereocenters. The van der Waals surface area contributed by atoms with E-state index in [1.165, 1.54) is 20.3 Å². The first kappa shape index (κ1) is 16.6. The molecule has 0 fully saturated rings. The molecule has 0 N–H and O–H groups in total. The first-order chi connectivity index (χ1) is 11.5. The maximum Gasteiger partial charge on any atom is 0.269 e. The molecular weight excluding hydrogens is 353 g/mol. The summed E-state index contributed by atoms with van der Waals surface area (Å²) in [6, 6.07) is 7.88. The topological polar surface area (TPSA) is 55.8 Å². The minimum absolute atomic E-state index is 0.0505. The zero-order valence-electron chi connectivity index (χ0n) is 12.9. The van der Waals surface area contributed by atoms with Crippen LogP contribution >= 0.6 is 23.2 Å². The Morgan fingerprint density at radius 3 is 2.38 bits per heavy atom. The van der Waals surface area contributed by atoms with E-state index in [4.69, 9.17) is 32.7 Å². The molecule has 0 aliphatic carbocycles. The Morgan fingerprint density at radius 1 is 1.00 bits per heavy atom. The van der Waals surface area contributed by atoms with Crippen LogP contribution < -0.4 is 14.4 Å². The molecule has 24 heavy (non-hydrogen) atoms. The molecule has 0 aromatic heterocycles. The lowest BCUT2D eigenvalue weighted by Crippen LogP contribution is -2.42. The third kappa shape index (κ3) is 2.70. The van der Waals surface area contributed by atoms with Gasteiger partial charge in [-0.05, 0) is 29.8 Å². The average molecular weight is 366 g/mol. The van der Waals surface area contributed by atoms with E-state index in [1.807, 2.05) is 0 Å². The monoisotopic (exact) mass is 365 g/mol. The minimum atomic E-state index is -0.473. The quantitative estimate of drug-likeness (QED) is 0.777. The maximum atomic E-state index is 12.9. The van der Waals surface area contributed by atoms with E-state index in [2.05, 4.69) is 0 Å². The van der Waals surface area contributed by atoms with Crippen molar-refractivity contribution in [3.63, 3.8) is 0 Å². The number of ether oxygens (including phenoxy) is 2. The summed E-state index contributed by atoms with van der Waals surface area (Å²) in [7, 11) is 2.97. The Morgan fingerprint density at radius 2 is 1.75 bits per heavy atom. The van der Waals surface area contributed by atoms with Crippen LogP contribution in [0.2, 0.25) is 10.0 Å². The minimum Gasteiger partial charge on any atom is -0.497 e. The molecule has 1 heterocycles. The van der Waals surface area contributed by atoms with E-state index < -0.39 is 5.91 Å². The molecule has 0 atom stereocenters. The van der Waals surface area contributed by atoms with E-state index in [1.54, 1.807) is 24.3 Å². The lowest BCUT2D eigenvalue weighted by molar-refractivity contribution is -0.117. The molecule has 1 aliphatic heterocycles. The molecule has 0 radical (unpaired) electrons. The number of anilines is 1. The molecule has 0 saturated carbocycles. The van der Waals surface area contributed by atoms with Crippen LogP contribution in [0.25, 0.3) is 0 Å². The summed E-state index contributed by atoms with van der Waals surface area (Å²) in [6.45, 7) is 0. The number of fused-ring (bicyclic) bond motifs is 1. The molecule has 5 nitrogen and oxygen atoms in total. The highest BCUT2D eigenvalue weighted by atomic mass is 35.5. The van der Waals surface area contributed by atoms with E-state index in [0.717, 1.165) is 4.90 Å². The fourth-order valence-electron chi connectivity index (χ4n) is 2.66. The van der Waals surface area contributed by atoms with Crippen molar-refractivity contribution in [2.75, 3.05) is 19.1 Å². The number of imide groups is 1. The Labute approximate surface area is 148 Å². The molecule has 7 heteroatoms.